The first-order valence-electron chi connectivity index (χ1n) is 9.98. The van der Waals surface area contributed by atoms with Gasteiger partial charge in [-0.25, -0.2) is 4.98 Å². The maximum atomic E-state index is 11.7. The van der Waals surface area contributed by atoms with Crippen molar-refractivity contribution in [2.24, 2.45) is 4.99 Å². The third-order valence-electron chi connectivity index (χ3n) is 5.53. The van der Waals surface area contributed by atoms with Crippen molar-refractivity contribution < 1.29 is 4.79 Å². The number of ketones is 1. The predicted octanol–water partition coefficient (Wildman–Crippen LogP) is 5.17. The van der Waals surface area contributed by atoms with Crippen LogP contribution in [0.5, 0.6) is 0 Å². The number of hydrogen-bond acceptors (Lipinski definition) is 4. The summed E-state index contributed by atoms with van der Waals surface area (Å²) in [6.07, 6.45) is 7.31. The van der Waals surface area contributed by atoms with Gasteiger partial charge in [0.25, 0.3) is 0 Å². The number of imidazole rings is 1. The maximum absolute atomic E-state index is 11.7. The quantitative estimate of drug-likeness (QED) is 0.540. The van der Waals surface area contributed by atoms with E-state index in [2.05, 4.69) is 43.7 Å². The monoisotopic (exact) mass is 448 g/mol. The molecule has 0 N–H and O–H groups in total. The van der Waals surface area contributed by atoms with Gasteiger partial charge < -0.3 is 4.79 Å². The van der Waals surface area contributed by atoms with Gasteiger partial charge in [0.15, 0.2) is 0 Å². The average Bonchev–Trinajstić information content (AvgIpc) is 3.49. The highest BCUT2D eigenvalue weighted by atomic mass is 79.9. The molecule has 0 amide bonds. The fraction of sp³-hybridized carbons (Fsp3) is 0.304. The summed E-state index contributed by atoms with van der Waals surface area (Å²) in [6.45, 7) is 1.63. The van der Waals surface area contributed by atoms with E-state index in [0.717, 1.165) is 33.0 Å². The first-order valence-corrected chi connectivity index (χ1v) is 10.8. The molecule has 1 aliphatic carbocycles. The van der Waals surface area contributed by atoms with Gasteiger partial charge in [-0.05, 0) is 56.5 Å². The van der Waals surface area contributed by atoms with E-state index in [1.807, 2.05) is 24.4 Å². The standard InChI is InChI=1S/C23H21BrN4O/c1-14(29)5-9-19-23-26-13-21(15-6-7-15)28(23)20-10-8-16(24)12-17(20)22(27-19)18-4-2-3-11-25-18/h2-4,8,10-13,15,19H,5-7,9H2,1H3/t19-/m0/s1. The second-order valence-corrected chi connectivity index (χ2v) is 8.68. The first kappa shape index (κ1) is 18.4. The molecule has 1 atom stereocenters. The lowest BCUT2D eigenvalue weighted by molar-refractivity contribution is -0.117. The van der Waals surface area contributed by atoms with Crippen molar-refractivity contribution in [1.82, 2.24) is 14.5 Å². The molecule has 0 bridgehead atoms. The summed E-state index contributed by atoms with van der Waals surface area (Å²) >= 11 is 3.63. The van der Waals surface area contributed by atoms with Gasteiger partial charge >= 0.3 is 0 Å². The minimum Gasteiger partial charge on any atom is -0.300 e. The molecule has 3 heterocycles. The lowest BCUT2D eigenvalue weighted by Crippen LogP contribution is -2.10. The van der Waals surface area contributed by atoms with Gasteiger partial charge in [0.1, 0.15) is 17.6 Å². The van der Waals surface area contributed by atoms with Crippen LogP contribution in [0.2, 0.25) is 0 Å². The van der Waals surface area contributed by atoms with Crippen LogP contribution in [-0.2, 0) is 4.79 Å². The van der Waals surface area contributed by atoms with Gasteiger partial charge in [0.2, 0.25) is 0 Å². The molecule has 5 nitrogen and oxygen atoms in total. The number of pyridine rings is 1. The fourth-order valence-corrected chi connectivity index (χ4v) is 4.32. The van der Waals surface area contributed by atoms with Gasteiger partial charge in [0.05, 0.1) is 17.1 Å². The molecular formula is C23H21BrN4O. The Hall–Kier alpha value is -2.60. The van der Waals surface area contributed by atoms with E-state index >= 15 is 0 Å². The molecule has 3 aromatic rings. The summed E-state index contributed by atoms with van der Waals surface area (Å²) in [7, 11) is 0. The number of halogens is 1. The number of aliphatic imine (C=N–C) groups is 1. The van der Waals surface area contributed by atoms with Gasteiger partial charge in [-0.2, -0.15) is 0 Å². The number of carbonyl (C=O) groups excluding carboxylic acids is 1. The molecule has 2 aliphatic rings. The lowest BCUT2D eigenvalue weighted by Gasteiger charge is -2.15. The highest BCUT2D eigenvalue weighted by Crippen LogP contribution is 2.44. The first-order chi connectivity index (χ1) is 14.1. The van der Waals surface area contributed by atoms with Gasteiger partial charge in [0, 0.05) is 40.5 Å². The normalized spacial score (nSPS) is 17.9. The summed E-state index contributed by atoms with van der Waals surface area (Å²) < 4.78 is 3.28. The molecule has 1 aromatic carbocycles. The third-order valence-corrected chi connectivity index (χ3v) is 6.02. The number of aromatic nitrogens is 3. The van der Waals surface area contributed by atoms with Crippen LogP contribution in [0.15, 0.2) is 58.3 Å². The summed E-state index contributed by atoms with van der Waals surface area (Å²) in [5, 5.41) is 0. The summed E-state index contributed by atoms with van der Waals surface area (Å²) in [4.78, 5) is 26.2. The highest BCUT2D eigenvalue weighted by molar-refractivity contribution is 9.10. The Bertz CT molecular complexity index is 1120. The zero-order valence-corrected chi connectivity index (χ0v) is 17.8. The van der Waals surface area contributed by atoms with Crippen molar-refractivity contribution in [3.05, 3.63) is 76.0 Å². The van der Waals surface area contributed by atoms with Crippen LogP contribution < -0.4 is 0 Å². The van der Waals surface area contributed by atoms with Crippen LogP contribution in [0.25, 0.3) is 5.69 Å². The van der Waals surface area contributed by atoms with E-state index in [4.69, 9.17) is 9.98 Å². The summed E-state index contributed by atoms with van der Waals surface area (Å²) in [5.41, 5.74) is 5.04. The van der Waals surface area contributed by atoms with E-state index in [-0.39, 0.29) is 11.8 Å². The Morgan fingerprint density at radius 1 is 1.21 bits per heavy atom. The minimum absolute atomic E-state index is 0.171. The summed E-state index contributed by atoms with van der Waals surface area (Å²) in [5.74, 6) is 1.64. The van der Waals surface area contributed by atoms with E-state index < -0.39 is 0 Å². The van der Waals surface area contributed by atoms with E-state index in [1.165, 1.54) is 18.5 Å². The van der Waals surface area contributed by atoms with Crippen molar-refractivity contribution in [3.8, 4) is 5.69 Å². The highest BCUT2D eigenvalue weighted by Gasteiger charge is 2.34. The molecule has 29 heavy (non-hydrogen) atoms. The molecule has 0 radical (unpaired) electrons. The SMILES string of the molecule is CC(=O)CC[C@@H]1N=C(c2ccccn2)c2cc(Br)ccc2-n2c(C3CC3)cnc21. The Morgan fingerprint density at radius 2 is 2.07 bits per heavy atom. The second kappa shape index (κ2) is 7.34. The third kappa shape index (κ3) is 3.46. The molecule has 1 aliphatic heterocycles. The fourth-order valence-electron chi connectivity index (χ4n) is 3.96. The van der Waals surface area contributed by atoms with Crippen molar-refractivity contribution in [2.45, 2.75) is 44.6 Å². The van der Waals surface area contributed by atoms with E-state index in [1.54, 1.807) is 13.1 Å². The lowest BCUT2D eigenvalue weighted by atomic mass is 10.0. The van der Waals surface area contributed by atoms with Crippen molar-refractivity contribution in [2.75, 3.05) is 0 Å². The number of benzene rings is 1. The molecule has 2 aromatic heterocycles. The van der Waals surface area contributed by atoms with Crippen molar-refractivity contribution >= 4 is 27.4 Å². The number of carbonyl (C=O) groups is 1. The van der Waals surface area contributed by atoms with E-state index in [9.17, 15) is 4.79 Å². The number of nitrogens with zero attached hydrogens (tertiary/aromatic N) is 4. The average molecular weight is 449 g/mol. The zero-order valence-electron chi connectivity index (χ0n) is 16.2. The Labute approximate surface area is 178 Å². The summed E-state index contributed by atoms with van der Waals surface area (Å²) in [6, 6.07) is 12.0. The Balaban J connectivity index is 1.75. The second-order valence-electron chi connectivity index (χ2n) is 7.76. The van der Waals surface area contributed by atoms with Crippen LogP contribution >= 0.6 is 15.9 Å². The van der Waals surface area contributed by atoms with Crippen LogP contribution in [0.3, 0.4) is 0 Å². The van der Waals surface area contributed by atoms with Crippen LogP contribution in [0.4, 0.5) is 0 Å². The number of rotatable bonds is 5. The Kier molecular flexibility index (Phi) is 4.66. The van der Waals surface area contributed by atoms with Gasteiger partial charge in [-0.3, -0.25) is 14.5 Å². The molecule has 1 fully saturated rings. The molecule has 1 saturated carbocycles. The molecule has 146 valence electrons. The molecule has 0 spiro atoms. The largest absolute Gasteiger partial charge is 0.300 e. The van der Waals surface area contributed by atoms with Crippen molar-refractivity contribution in [1.29, 1.82) is 0 Å². The van der Waals surface area contributed by atoms with Crippen LogP contribution in [0.1, 0.15) is 67.3 Å². The Morgan fingerprint density at radius 3 is 2.79 bits per heavy atom. The van der Waals surface area contributed by atoms with E-state index in [0.29, 0.717) is 18.8 Å². The number of hydrogen-bond donors (Lipinski definition) is 0. The van der Waals surface area contributed by atoms with Crippen LogP contribution in [0, 0.1) is 0 Å². The molecular weight excluding hydrogens is 428 g/mol. The molecule has 6 heteroatoms. The number of fused-ring (bicyclic) bond motifs is 3. The maximum Gasteiger partial charge on any atom is 0.138 e. The van der Waals surface area contributed by atoms with Crippen LogP contribution in [-0.4, -0.2) is 26.0 Å². The minimum atomic E-state index is -0.186. The topological polar surface area (TPSA) is 60.1 Å². The molecule has 0 saturated heterocycles. The molecule has 0 unspecified atom stereocenters. The van der Waals surface area contributed by atoms with Gasteiger partial charge in [-0.15, -0.1) is 0 Å². The van der Waals surface area contributed by atoms with Crippen molar-refractivity contribution in [3.63, 3.8) is 0 Å². The smallest absolute Gasteiger partial charge is 0.138 e. The number of Topliss-reactive ketones (excluding diaryl/α,β-unsaturated/α-hetero) is 1. The zero-order chi connectivity index (χ0) is 20.0. The molecule has 5 rings (SSSR count). The van der Waals surface area contributed by atoms with Gasteiger partial charge in [-0.1, -0.05) is 22.0 Å². The predicted molar refractivity (Wildman–Crippen MR) is 116 cm³/mol.